The van der Waals surface area contributed by atoms with Crippen LogP contribution in [0.2, 0.25) is 0 Å². The summed E-state index contributed by atoms with van der Waals surface area (Å²) in [5.41, 5.74) is -12.4. The fraction of sp³-hybridized carbons (Fsp3) is 0.384. The van der Waals surface area contributed by atoms with Crippen LogP contribution in [0.4, 0.5) is 39.5 Å². The van der Waals surface area contributed by atoms with Crippen molar-refractivity contribution < 1.29 is 118 Å². The Kier molecular flexibility index (Phi) is 25.2. The smallest absolute Gasteiger partial charge is 0.416 e. The van der Waals surface area contributed by atoms with Crippen molar-refractivity contribution in [1.29, 1.82) is 0 Å². The molecule has 0 radical (unpaired) electrons. The summed E-state index contributed by atoms with van der Waals surface area (Å²) in [6.07, 6.45) is -6.80. The van der Waals surface area contributed by atoms with E-state index in [1.54, 1.807) is 60.7 Å². The lowest BCUT2D eigenvalue weighted by molar-refractivity contribution is -0.159. The van der Waals surface area contributed by atoms with Crippen molar-refractivity contribution >= 4 is 24.3 Å². The zero-order chi connectivity index (χ0) is 84.0. The molecule has 624 valence electrons. The second-order valence-electron chi connectivity index (χ2n) is 29.8. The molecule has 3 aliphatic carbocycles. The molecule has 7 N–H and O–H groups in total. The average molecular weight is 1660 g/mol. The predicted octanol–water partition coefficient (Wildman–Crippen LogP) is 13.4. The number of aliphatic carboxylic acids is 1. The number of aliphatic hydroxyl groups excluding tert-OH is 3. The van der Waals surface area contributed by atoms with E-state index >= 15 is 0 Å². The van der Waals surface area contributed by atoms with Crippen LogP contribution in [0.1, 0.15) is 118 Å². The van der Waals surface area contributed by atoms with Crippen LogP contribution < -0.4 is 28.4 Å². The molecule has 21 nitrogen and oxygen atoms in total. The summed E-state index contributed by atoms with van der Waals surface area (Å²) >= 11 is 0. The van der Waals surface area contributed by atoms with Gasteiger partial charge in [0.2, 0.25) is 5.91 Å². The molecule has 31 heteroatoms. The summed E-state index contributed by atoms with van der Waals surface area (Å²) in [6, 6.07) is 39.0. The molecule has 4 fully saturated rings. The molecular formula is C86H89ClF9N5O16. The maximum absolute atomic E-state index is 13.5. The van der Waals surface area contributed by atoms with E-state index in [1.165, 1.54) is 121 Å². The third-order valence-electron chi connectivity index (χ3n) is 22.6. The van der Waals surface area contributed by atoms with Crippen molar-refractivity contribution in [1.82, 2.24) is 24.8 Å². The third-order valence-corrected chi connectivity index (χ3v) is 22.6. The number of amides is 1. The van der Waals surface area contributed by atoms with E-state index in [-0.39, 0.29) is 74.7 Å². The largest absolute Gasteiger partial charge is 0.495 e. The van der Waals surface area contributed by atoms with Gasteiger partial charge in [0.25, 0.3) is 0 Å². The minimum Gasteiger partial charge on any atom is -0.495 e. The number of alkyl halides is 9. The van der Waals surface area contributed by atoms with E-state index in [0.29, 0.717) is 23.2 Å². The summed E-state index contributed by atoms with van der Waals surface area (Å²) in [6.45, 7) is 6.64. The molecule has 1 amide bonds. The SMILES string of the molecule is C1CCOC1.CCC.COc1cncc2c1[C@]1(O)[C@H](O)[C@H](C(=O)N(C)C)[C@@H](c3ccccc3)[C@]1(c1ccc(C(F)(F)F)cc1)O2.COc1cncc2c1[C@]1(O)[C@H](O)[C@H](C(=O)O)[C@@H](c3ccccc3)[C@]1(c1ccc(C(F)(F)F)cc1)O2.COc1cncc2c1[C@]1(O)[C@H](O)[C@H](CN(C)C)[C@@H](c3ccccc3)[C@]1(c1ccc(C(F)(F)F)cc1)O2.Cl. The summed E-state index contributed by atoms with van der Waals surface area (Å²) in [7, 11) is 10.9. The van der Waals surface area contributed by atoms with Crippen molar-refractivity contribution in [2.24, 2.45) is 17.8 Å². The maximum Gasteiger partial charge on any atom is 0.416 e. The quantitative estimate of drug-likeness (QED) is 0.0528. The lowest BCUT2D eigenvalue weighted by atomic mass is 9.70. The van der Waals surface area contributed by atoms with Gasteiger partial charge in [-0.15, -0.1) is 12.4 Å². The number of benzene rings is 6. The van der Waals surface area contributed by atoms with Crippen LogP contribution in [0.15, 0.2) is 201 Å². The van der Waals surface area contributed by atoms with E-state index in [4.69, 9.17) is 33.2 Å². The van der Waals surface area contributed by atoms with Crippen molar-refractivity contribution in [2.45, 2.75) is 121 Å². The standard InChI is InChI=1S/C27H25F3N2O5.C27H27F3N2O4.C25H20F3NO6.C4H8O.C3H8.ClH/c1-32(2)24(34)20-21(15-7-5-4-6-8-15)26(16-9-11-17(12-10-16)27(28,29)30)25(35,23(20)33)22-18(36-3)13-31-14-19(22)37-26;1-32(2)15-19-22(16-7-5-4-6-8-16)26(17-9-11-18(12-10-17)27(28,29)30)25(34,24(19)33)23-20(35-3)13-31-14-21(23)36-26;1-34-16-11-29-12-17-20(16)23(33)21(30)18(22(31)32)19(13-5-3-2-4-6-13)24(23,35-17)14-7-9-15(10-8-14)25(26,27)28;1-2-4-5-3-1;1-3-2;/h4-14,20-21,23,33,35H,1-3H3;4-14,19,22,24,33-34H,15H2,1-3H3;2-12,18-19,21,30,33H,1H3,(H,31,32);1-4H2;3H2,1-2H3;1H/t20-,21-,23-,25+,26+;19-,22-,24-,25+,26+;18-,19-,21-,23+,24+;;;/m111.../s1. The zero-order valence-corrected chi connectivity index (χ0v) is 65.7. The molecule has 3 saturated carbocycles. The van der Waals surface area contributed by atoms with Crippen molar-refractivity contribution in [3.63, 3.8) is 0 Å². The fourth-order valence-electron chi connectivity index (χ4n) is 18.0. The molecule has 16 rings (SSSR count). The number of nitrogens with zero attached hydrogens (tertiary/aromatic N) is 5. The van der Waals surface area contributed by atoms with Crippen LogP contribution in [0.25, 0.3) is 0 Å². The van der Waals surface area contributed by atoms with Gasteiger partial charge in [-0.25, -0.2) is 0 Å². The number of carboxylic acid groups (broad SMARTS) is 1. The molecule has 9 aromatic rings. The van der Waals surface area contributed by atoms with Gasteiger partial charge in [0.1, 0.15) is 46.7 Å². The van der Waals surface area contributed by atoms with E-state index in [2.05, 4.69) is 28.8 Å². The van der Waals surface area contributed by atoms with Gasteiger partial charge < -0.3 is 78.7 Å². The first-order valence-electron chi connectivity index (χ1n) is 37.2. The monoisotopic (exact) mass is 1650 g/mol. The van der Waals surface area contributed by atoms with Gasteiger partial charge in [-0.05, 0) is 96.7 Å². The van der Waals surface area contributed by atoms with Crippen LogP contribution in [0.5, 0.6) is 34.5 Å². The van der Waals surface area contributed by atoms with Crippen LogP contribution >= 0.6 is 12.4 Å². The lowest BCUT2D eigenvalue weighted by Crippen LogP contribution is -2.52. The number of carbonyl (C=O) groups is 2. The predicted molar refractivity (Wildman–Crippen MR) is 409 cm³/mol. The molecule has 0 bridgehead atoms. The molecule has 0 spiro atoms. The number of hydrogen-bond acceptors (Lipinski definition) is 19. The van der Waals surface area contributed by atoms with Gasteiger partial charge in [0.05, 0.1) is 110 Å². The maximum atomic E-state index is 13.5. The van der Waals surface area contributed by atoms with E-state index < -0.39 is 135 Å². The number of aromatic nitrogens is 3. The Bertz CT molecular complexity index is 4940. The summed E-state index contributed by atoms with van der Waals surface area (Å²) in [5, 5.41) is 82.7. The number of carbonyl (C=O) groups excluding carboxylic acids is 1. The lowest BCUT2D eigenvalue weighted by Gasteiger charge is -2.41. The number of carboxylic acids is 1. The van der Waals surface area contributed by atoms with Crippen LogP contribution in [-0.2, 0) is 66.5 Å². The van der Waals surface area contributed by atoms with Gasteiger partial charge in [-0.2, -0.15) is 39.5 Å². The number of aliphatic hydroxyl groups is 6. The number of methoxy groups -OCH3 is 3. The van der Waals surface area contributed by atoms with E-state index in [0.717, 1.165) is 67.3 Å². The molecule has 15 atom stereocenters. The number of ether oxygens (including phenoxy) is 7. The molecular weight excluding hydrogens is 1570 g/mol. The molecule has 7 heterocycles. The Hall–Kier alpha value is -10.2. The normalized spacial score (nSPS) is 27.8. The van der Waals surface area contributed by atoms with Crippen molar-refractivity contribution in [3.8, 4) is 34.5 Å². The second kappa shape index (κ2) is 33.7. The Morgan fingerprint density at radius 1 is 0.453 bits per heavy atom. The van der Waals surface area contributed by atoms with Crippen LogP contribution in [0.3, 0.4) is 0 Å². The fourth-order valence-corrected chi connectivity index (χ4v) is 18.0. The third kappa shape index (κ3) is 14.5. The minimum absolute atomic E-state index is 0. The highest BCUT2D eigenvalue weighted by molar-refractivity contribution is 5.85. The molecule has 1 saturated heterocycles. The van der Waals surface area contributed by atoms with Crippen LogP contribution in [0, 0.1) is 17.8 Å². The number of rotatable bonds is 13. The number of fused-ring (bicyclic) bond motifs is 9. The summed E-state index contributed by atoms with van der Waals surface area (Å²) in [4.78, 5) is 41.5. The van der Waals surface area contributed by atoms with Gasteiger partial charge in [-0.1, -0.05) is 148 Å². The molecule has 3 aromatic heterocycles. The molecule has 7 aliphatic rings. The Labute approximate surface area is 674 Å². The highest BCUT2D eigenvalue weighted by atomic mass is 35.5. The molecule has 117 heavy (non-hydrogen) atoms. The molecule has 6 aromatic carbocycles. The number of pyridine rings is 3. The summed E-state index contributed by atoms with van der Waals surface area (Å²) < 4.78 is 161. The molecule has 0 unspecified atom stereocenters. The highest BCUT2D eigenvalue weighted by Crippen LogP contribution is 2.73. The van der Waals surface area contributed by atoms with E-state index in [1.807, 2.05) is 49.3 Å². The average Bonchev–Trinajstić information content (AvgIpc) is 1.51. The first-order valence-corrected chi connectivity index (χ1v) is 37.2. The Balaban J connectivity index is 0.000000163. The molecule has 4 aliphatic heterocycles. The van der Waals surface area contributed by atoms with Crippen molar-refractivity contribution in [3.05, 3.63) is 268 Å². The number of hydrogen-bond donors (Lipinski definition) is 7. The van der Waals surface area contributed by atoms with Gasteiger partial charge in [0, 0.05) is 57.5 Å². The van der Waals surface area contributed by atoms with Crippen molar-refractivity contribution in [2.75, 3.05) is 69.3 Å². The van der Waals surface area contributed by atoms with Gasteiger partial charge >= 0.3 is 24.5 Å². The van der Waals surface area contributed by atoms with Gasteiger partial charge in [-0.3, -0.25) is 24.5 Å². The zero-order valence-electron chi connectivity index (χ0n) is 64.8. The van der Waals surface area contributed by atoms with E-state index in [9.17, 15) is 84.8 Å². The number of halogens is 10. The topological polar surface area (TPSA) is 286 Å². The van der Waals surface area contributed by atoms with Crippen LogP contribution in [-0.4, -0.2) is 160 Å². The van der Waals surface area contributed by atoms with Gasteiger partial charge in [0.15, 0.2) is 33.6 Å². The summed E-state index contributed by atoms with van der Waals surface area (Å²) in [5.74, 6) is -7.34. The Morgan fingerprint density at radius 2 is 0.744 bits per heavy atom. The first kappa shape index (κ1) is 87.7. The Morgan fingerprint density at radius 3 is 1.02 bits per heavy atom. The minimum atomic E-state index is -4.61. The first-order chi connectivity index (χ1) is 55.0. The highest BCUT2D eigenvalue weighted by Gasteiger charge is 2.81. The second-order valence-corrected chi connectivity index (χ2v) is 29.8.